The molecule has 0 spiro atoms. The van der Waals surface area contributed by atoms with Crippen molar-refractivity contribution in [2.75, 3.05) is 39.3 Å². The second kappa shape index (κ2) is 40.8. The molecule has 0 aromatic heterocycles. The fourth-order valence-electron chi connectivity index (χ4n) is 7.97. The number of carbonyl (C=O) groups excluding carboxylic acids is 3. The van der Waals surface area contributed by atoms with Crippen LogP contribution >= 0.6 is 0 Å². The van der Waals surface area contributed by atoms with Gasteiger partial charge >= 0.3 is 11.9 Å². The van der Waals surface area contributed by atoms with Crippen molar-refractivity contribution in [3.63, 3.8) is 0 Å². The van der Waals surface area contributed by atoms with Crippen LogP contribution in [0.1, 0.15) is 226 Å². The van der Waals surface area contributed by atoms with Crippen LogP contribution in [-0.2, 0) is 23.9 Å². The minimum absolute atomic E-state index is 0.0511. The largest absolute Gasteiger partial charge is 0.464 e. The van der Waals surface area contributed by atoms with Gasteiger partial charge in [0.15, 0.2) is 0 Å². The molecule has 0 unspecified atom stereocenters. The van der Waals surface area contributed by atoms with E-state index in [9.17, 15) is 24.6 Å². The zero-order chi connectivity index (χ0) is 43.7. The first-order valence-corrected chi connectivity index (χ1v) is 25.3. The van der Waals surface area contributed by atoms with Crippen molar-refractivity contribution in [1.29, 1.82) is 0 Å². The van der Waals surface area contributed by atoms with Crippen LogP contribution in [0.5, 0.6) is 0 Å². The maximum absolute atomic E-state index is 13.3. The summed E-state index contributed by atoms with van der Waals surface area (Å²) in [7, 11) is 0. The van der Waals surface area contributed by atoms with E-state index in [1.165, 1.54) is 103 Å². The normalized spacial score (nSPS) is 15.8. The Hall–Kier alpha value is -2.23. The molecule has 9 nitrogen and oxygen atoms in total. The molecule has 0 saturated carbocycles. The van der Waals surface area contributed by atoms with Gasteiger partial charge < -0.3 is 24.6 Å². The third-order valence-electron chi connectivity index (χ3n) is 11.9. The van der Waals surface area contributed by atoms with Gasteiger partial charge in [-0.25, -0.2) is 0 Å². The predicted molar refractivity (Wildman–Crippen MR) is 249 cm³/mol. The summed E-state index contributed by atoms with van der Waals surface area (Å²) < 4.78 is 11.6. The van der Waals surface area contributed by atoms with Crippen LogP contribution in [0.15, 0.2) is 24.3 Å². The fourth-order valence-corrected chi connectivity index (χ4v) is 7.97. The number of esters is 2. The van der Waals surface area contributed by atoms with Gasteiger partial charge in [0.25, 0.3) is 0 Å². The van der Waals surface area contributed by atoms with Crippen LogP contribution in [-0.4, -0.2) is 95.5 Å². The third-order valence-corrected chi connectivity index (χ3v) is 11.9. The Morgan fingerprint density at radius 1 is 0.567 bits per heavy atom. The second-order valence-electron chi connectivity index (χ2n) is 17.7. The van der Waals surface area contributed by atoms with Gasteiger partial charge in [-0.1, -0.05) is 161 Å². The van der Waals surface area contributed by atoms with E-state index < -0.39 is 12.2 Å². The summed E-state index contributed by atoms with van der Waals surface area (Å²) in [6, 6.07) is 0. The summed E-state index contributed by atoms with van der Waals surface area (Å²) in [4.78, 5) is 42.2. The molecular formula is C51H94N2O7. The highest BCUT2D eigenvalue weighted by molar-refractivity contribution is 5.78. The Labute approximate surface area is 368 Å². The number of hydrogen-bond donors (Lipinski definition) is 2. The number of rotatable bonds is 42. The van der Waals surface area contributed by atoms with Crippen LogP contribution < -0.4 is 0 Å². The summed E-state index contributed by atoms with van der Waals surface area (Å²) in [5, 5.41) is 20.0. The van der Waals surface area contributed by atoms with Crippen LogP contribution in [0, 0.1) is 0 Å². The molecule has 2 N–H and O–H groups in total. The molecule has 2 atom stereocenters. The average molecular weight is 847 g/mol. The Kier molecular flexibility index (Phi) is 38.0. The summed E-state index contributed by atoms with van der Waals surface area (Å²) in [5.74, 6) is -0.357. The smallest absolute Gasteiger partial charge is 0.306 e. The summed E-state index contributed by atoms with van der Waals surface area (Å²) in [6.45, 7) is 8.43. The zero-order valence-electron chi connectivity index (χ0n) is 39.2. The number of nitrogens with zero attached hydrogens (tertiary/aromatic N) is 2. The number of unbranched alkanes of at least 4 members (excludes halogenated alkanes) is 22. The van der Waals surface area contributed by atoms with E-state index in [1.807, 2.05) is 0 Å². The van der Waals surface area contributed by atoms with E-state index in [2.05, 4.69) is 45.1 Å². The molecule has 60 heavy (non-hydrogen) atoms. The number of aliphatic hydroxyl groups is 2. The van der Waals surface area contributed by atoms with Crippen molar-refractivity contribution in [3.05, 3.63) is 24.3 Å². The van der Waals surface area contributed by atoms with E-state index in [-0.39, 0.29) is 50.2 Å². The molecule has 0 aromatic carbocycles. The van der Waals surface area contributed by atoms with Gasteiger partial charge in [-0.15, -0.1) is 0 Å². The lowest BCUT2D eigenvalue weighted by Gasteiger charge is -2.25. The van der Waals surface area contributed by atoms with E-state index in [1.54, 1.807) is 9.80 Å². The van der Waals surface area contributed by atoms with Gasteiger partial charge in [0.1, 0.15) is 12.7 Å². The van der Waals surface area contributed by atoms with Crippen molar-refractivity contribution in [1.82, 2.24) is 9.80 Å². The molecule has 1 amide bonds. The molecule has 1 aliphatic rings. The highest BCUT2D eigenvalue weighted by atomic mass is 16.5. The highest BCUT2D eigenvalue weighted by Gasteiger charge is 2.31. The Balaban J connectivity index is 2.35. The van der Waals surface area contributed by atoms with Gasteiger partial charge in [-0.2, -0.15) is 0 Å². The molecule has 0 radical (unpaired) electrons. The van der Waals surface area contributed by atoms with Crippen molar-refractivity contribution in [2.45, 2.75) is 245 Å². The minimum atomic E-state index is -0.842. The highest BCUT2D eigenvalue weighted by Crippen LogP contribution is 2.19. The lowest BCUT2D eigenvalue weighted by Crippen LogP contribution is -2.42. The summed E-state index contributed by atoms with van der Waals surface area (Å²) >= 11 is 0. The monoisotopic (exact) mass is 847 g/mol. The number of β-amino-alcohol motifs (C(OH)–C–C–N with tert-alkyl or cyclic N) is 2. The SMILES string of the molecule is CCCCC/C=C\C/C=C\CCCCCCCC(=O)OCCN(CCCCCCCC(=O)OC(CCCCCCCC)CCCCCCCC)C(=O)CN1C[C@@H](O)[C@@H](O)C1. The minimum Gasteiger partial charge on any atom is -0.464 e. The quantitative estimate of drug-likeness (QED) is 0.0354. The molecule has 0 aromatic rings. The lowest BCUT2D eigenvalue weighted by atomic mass is 10.0. The Bertz CT molecular complexity index is 1060. The molecule has 1 aliphatic heterocycles. The number of hydrogen-bond acceptors (Lipinski definition) is 8. The van der Waals surface area contributed by atoms with Crippen molar-refractivity contribution < 1.29 is 34.1 Å². The van der Waals surface area contributed by atoms with E-state index in [0.717, 1.165) is 89.9 Å². The Morgan fingerprint density at radius 2 is 1.02 bits per heavy atom. The number of carbonyl (C=O) groups is 3. The molecule has 1 rings (SSSR count). The molecular weight excluding hydrogens is 753 g/mol. The molecule has 1 fully saturated rings. The molecule has 9 heteroatoms. The first kappa shape index (κ1) is 55.8. The number of amides is 1. The van der Waals surface area contributed by atoms with Gasteiger partial charge in [-0.3, -0.25) is 19.3 Å². The fraction of sp³-hybridized carbons (Fsp3) is 0.863. The summed E-state index contributed by atoms with van der Waals surface area (Å²) in [6.07, 6.45) is 42.2. The van der Waals surface area contributed by atoms with Crippen molar-refractivity contribution in [3.8, 4) is 0 Å². The van der Waals surface area contributed by atoms with E-state index in [0.29, 0.717) is 25.9 Å². The number of aliphatic hydroxyl groups excluding tert-OH is 2. The van der Waals surface area contributed by atoms with E-state index in [4.69, 9.17) is 9.47 Å². The molecule has 350 valence electrons. The maximum Gasteiger partial charge on any atom is 0.306 e. The zero-order valence-corrected chi connectivity index (χ0v) is 39.2. The van der Waals surface area contributed by atoms with Crippen molar-refractivity contribution in [2.24, 2.45) is 0 Å². The van der Waals surface area contributed by atoms with Crippen LogP contribution in [0.4, 0.5) is 0 Å². The average Bonchev–Trinajstić information content (AvgIpc) is 3.55. The van der Waals surface area contributed by atoms with Crippen LogP contribution in [0.2, 0.25) is 0 Å². The van der Waals surface area contributed by atoms with Crippen LogP contribution in [0.3, 0.4) is 0 Å². The van der Waals surface area contributed by atoms with Gasteiger partial charge in [0.05, 0.1) is 25.3 Å². The molecule has 0 bridgehead atoms. The second-order valence-corrected chi connectivity index (χ2v) is 17.7. The van der Waals surface area contributed by atoms with Crippen molar-refractivity contribution >= 4 is 17.8 Å². The first-order valence-electron chi connectivity index (χ1n) is 25.3. The van der Waals surface area contributed by atoms with Gasteiger partial charge in [-0.05, 0) is 77.0 Å². The topological polar surface area (TPSA) is 117 Å². The number of allylic oxidation sites excluding steroid dienone is 4. The third kappa shape index (κ3) is 33.4. The lowest BCUT2D eigenvalue weighted by molar-refractivity contribution is -0.150. The van der Waals surface area contributed by atoms with Gasteiger partial charge in [0, 0.05) is 32.5 Å². The number of likely N-dealkylation sites (tertiary alicyclic amines) is 1. The maximum atomic E-state index is 13.3. The van der Waals surface area contributed by atoms with E-state index >= 15 is 0 Å². The molecule has 0 aliphatic carbocycles. The van der Waals surface area contributed by atoms with Gasteiger partial charge in [0.2, 0.25) is 5.91 Å². The molecule has 1 heterocycles. The predicted octanol–water partition coefficient (Wildman–Crippen LogP) is 12.0. The summed E-state index contributed by atoms with van der Waals surface area (Å²) in [5.41, 5.74) is 0. The first-order chi connectivity index (χ1) is 29.3. The standard InChI is InChI=1S/C51H94N2O7/c1-4-7-10-13-16-17-18-19-20-21-22-23-24-28-33-38-50(57)59-42-41-53(49(56)45-52-43-47(54)48(55)44-52)40-35-30-25-29-34-39-51(58)60-46(36-31-26-14-11-8-5-2)37-32-27-15-12-9-6-3/h16-17,19-20,46-48,54-55H,4-15,18,21-45H2,1-3H3/b17-16-,20-19-/t47-,48+. The Morgan fingerprint density at radius 3 is 1.58 bits per heavy atom. The number of ether oxygens (including phenoxy) is 2. The molecule has 1 saturated heterocycles. The van der Waals surface area contributed by atoms with Crippen LogP contribution in [0.25, 0.3) is 0 Å².